The van der Waals surface area contributed by atoms with Crippen LogP contribution in [0.4, 0.5) is 0 Å². The van der Waals surface area contributed by atoms with E-state index in [-0.39, 0.29) is 6.61 Å². The predicted molar refractivity (Wildman–Crippen MR) is 79.9 cm³/mol. The molecule has 0 aromatic heterocycles. The maximum absolute atomic E-state index is 11.4. The average molecular weight is 366 g/mol. The molecule has 5 atom stereocenters. The first-order valence-corrected chi connectivity index (χ1v) is 7.60. The van der Waals surface area contributed by atoms with Crippen LogP contribution in [-0.4, -0.2) is 60.3 Å². The van der Waals surface area contributed by atoms with Crippen LogP contribution in [0.3, 0.4) is 0 Å². The third-order valence-corrected chi connectivity index (χ3v) is 3.43. The number of nitrogens with one attached hydrogen (secondary N) is 1. The monoisotopic (exact) mass is 365 g/mol. The molecule has 1 N–H and O–H groups in total. The van der Waals surface area contributed by atoms with Gasteiger partial charge in [-0.3, -0.25) is 19.2 Å². The van der Waals surface area contributed by atoms with E-state index in [0.717, 1.165) is 13.8 Å². The van der Waals surface area contributed by atoms with Crippen LogP contribution < -0.4 is 5.32 Å². The summed E-state index contributed by atoms with van der Waals surface area (Å²) in [6.45, 7) is 4.51. The van der Waals surface area contributed by atoms with Gasteiger partial charge in [0.2, 0.25) is 5.91 Å². The van der Waals surface area contributed by atoms with Gasteiger partial charge in [0, 0.05) is 27.7 Å². The maximum Gasteiger partial charge on any atom is 0.303 e. The summed E-state index contributed by atoms with van der Waals surface area (Å²) in [6.07, 6.45) is -3.18. The molecule has 10 heteroatoms. The molecule has 2 unspecified atom stereocenters. The molecule has 136 valence electrons. The Hall–Kier alpha value is -1.87. The lowest BCUT2D eigenvalue weighted by Gasteiger charge is -2.43. The third-order valence-electron chi connectivity index (χ3n) is 3.06. The van der Waals surface area contributed by atoms with Gasteiger partial charge in [0.05, 0.1) is 0 Å². The van der Waals surface area contributed by atoms with E-state index in [0.29, 0.717) is 0 Å². The number of rotatable bonds is 5. The van der Waals surface area contributed by atoms with Gasteiger partial charge in [-0.05, 0) is 0 Å². The topological polar surface area (TPSA) is 117 Å². The van der Waals surface area contributed by atoms with Crippen LogP contribution in [0.5, 0.6) is 0 Å². The zero-order chi connectivity index (χ0) is 18.4. The number of esters is 3. The van der Waals surface area contributed by atoms with Gasteiger partial charge < -0.3 is 24.3 Å². The standard InChI is InChI=1S/C14H20ClNO8/c1-6(17)16-11-13(23-9(4)20)12(22-8(3)19)10(24-14(11)15)5-21-7(2)18/h10-14H,5H2,1-4H3,(H,16,17)/t10?,11?,12-,13-,14+/m1/s1. The van der Waals surface area contributed by atoms with Gasteiger partial charge in [0.15, 0.2) is 17.8 Å². The summed E-state index contributed by atoms with van der Waals surface area (Å²) >= 11 is 6.11. The van der Waals surface area contributed by atoms with Crippen molar-refractivity contribution in [2.45, 2.75) is 57.6 Å². The van der Waals surface area contributed by atoms with Gasteiger partial charge in [-0.25, -0.2) is 0 Å². The Morgan fingerprint density at radius 3 is 1.96 bits per heavy atom. The normalized spacial score (nSPS) is 29.3. The van der Waals surface area contributed by atoms with Crippen LogP contribution in [0.1, 0.15) is 27.7 Å². The number of carbonyl (C=O) groups excluding carboxylic acids is 4. The molecule has 1 amide bonds. The first-order valence-electron chi connectivity index (χ1n) is 7.16. The van der Waals surface area contributed by atoms with Crippen molar-refractivity contribution in [2.24, 2.45) is 0 Å². The maximum atomic E-state index is 11.4. The summed E-state index contributed by atoms with van der Waals surface area (Å²) in [6, 6.07) is -0.953. The van der Waals surface area contributed by atoms with Crippen molar-refractivity contribution in [2.75, 3.05) is 6.61 Å². The molecule has 0 aliphatic carbocycles. The second kappa shape index (κ2) is 8.84. The van der Waals surface area contributed by atoms with E-state index in [2.05, 4.69) is 5.32 Å². The Bertz CT molecular complexity index is 511. The first kappa shape index (κ1) is 20.2. The summed E-state index contributed by atoms with van der Waals surface area (Å²) in [4.78, 5) is 45.2. The molecule has 0 radical (unpaired) electrons. The van der Waals surface area contributed by atoms with E-state index in [9.17, 15) is 19.2 Å². The van der Waals surface area contributed by atoms with Crippen molar-refractivity contribution in [1.29, 1.82) is 0 Å². The van der Waals surface area contributed by atoms with Crippen molar-refractivity contribution in [3.8, 4) is 0 Å². The minimum absolute atomic E-state index is 0.263. The van der Waals surface area contributed by atoms with E-state index in [1.54, 1.807) is 0 Å². The minimum atomic E-state index is -1.11. The molecule has 0 aromatic rings. The van der Waals surface area contributed by atoms with Gasteiger partial charge in [-0.1, -0.05) is 11.6 Å². The fourth-order valence-electron chi connectivity index (χ4n) is 2.28. The molecule has 1 fully saturated rings. The van der Waals surface area contributed by atoms with Crippen LogP contribution >= 0.6 is 11.6 Å². The number of hydrogen-bond donors (Lipinski definition) is 1. The van der Waals surface area contributed by atoms with Crippen molar-refractivity contribution in [1.82, 2.24) is 5.32 Å². The Kier molecular flexibility index (Phi) is 7.43. The third kappa shape index (κ3) is 5.97. The Balaban J connectivity index is 3.11. The molecular formula is C14H20ClNO8. The molecule has 1 aliphatic rings. The number of hydrogen-bond acceptors (Lipinski definition) is 8. The van der Waals surface area contributed by atoms with E-state index >= 15 is 0 Å². The largest absolute Gasteiger partial charge is 0.463 e. The van der Waals surface area contributed by atoms with E-state index < -0.39 is 53.7 Å². The highest BCUT2D eigenvalue weighted by Crippen LogP contribution is 2.28. The summed E-state index contributed by atoms with van der Waals surface area (Å²) in [5.74, 6) is -2.33. The number of ether oxygens (including phenoxy) is 4. The van der Waals surface area contributed by atoms with Crippen molar-refractivity contribution in [3.05, 3.63) is 0 Å². The van der Waals surface area contributed by atoms with E-state index in [1.807, 2.05) is 0 Å². The number of alkyl halides is 1. The van der Waals surface area contributed by atoms with Crippen molar-refractivity contribution in [3.63, 3.8) is 0 Å². The summed E-state index contributed by atoms with van der Waals surface area (Å²) in [5, 5.41) is 2.50. The highest BCUT2D eigenvalue weighted by molar-refractivity contribution is 6.20. The predicted octanol–water partition coefficient (Wildman–Crippen LogP) is -0.119. The van der Waals surface area contributed by atoms with Gasteiger partial charge in [-0.2, -0.15) is 0 Å². The minimum Gasteiger partial charge on any atom is -0.463 e. The van der Waals surface area contributed by atoms with Crippen molar-refractivity contribution >= 4 is 35.4 Å². The zero-order valence-corrected chi connectivity index (χ0v) is 14.5. The number of carbonyl (C=O) groups is 4. The molecule has 0 aromatic carbocycles. The zero-order valence-electron chi connectivity index (χ0n) is 13.7. The molecular weight excluding hydrogens is 346 g/mol. The van der Waals surface area contributed by atoms with E-state index in [1.165, 1.54) is 13.8 Å². The molecule has 9 nitrogen and oxygen atoms in total. The molecule has 1 aliphatic heterocycles. The van der Waals surface area contributed by atoms with E-state index in [4.69, 9.17) is 30.5 Å². The van der Waals surface area contributed by atoms with Crippen LogP contribution in [0, 0.1) is 0 Å². The lowest BCUT2D eigenvalue weighted by molar-refractivity contribution is -0.212. The smallest absolute Gasteiger partial charge is 0.303 e. The van der Waals surface area contributed by atoms with Crippen LogP contribution in [0.2, 0.25) is 0 Å². The van der Waals surface area contributed by atoms with Gasteiger partial charge >= 0.3 is 17.9 Å². The second-order valence-corrected chi connectivity index (χ2v) is 5.63. The fourth-order valence-corrected chi connectivity index (χ4v) is 2.62. The van der Waals surface area contributed by atoms with Gasteiger partial charge in [0.25, 0.3) is 0 Å². The summed E-state index contributed by atoms with van der Waals surface area (Å²) < 4.78 is 20.7. The SMILES string of the molecule is CC(=O)NC1[C@@H](OC(C)=O)[C@H](OC(C)=O)C(COC(C)=O)O[C@@H]1Cl. The molecule has 0 spiro atoms. The highest BCUT2D eigenvalue weighted by atomic mass is 35.5. The second-order valence-electron chi connectivity index (χ2n) is 5.20. The van der Waals surface area contributed by atoms with Crippen LogP contribution in [0.15, 0.2) is 0 Å². The summed E-state index contributed by atoms with van der Waals surface area (Å²) in [7, 11) is 0. The Labute approximate surface area is 143 Å². The van der Waals surface area contributed by atoms with Crippen LogP contribution in [-0.2, 0) is 38.1 Å². The lowest BCUT2D eigenvalue weighted by atomic mass is 9.97. The first-order chi connectivity index (χ1) is 11.1. The number of halogens is 1. The molecule has 1 heterocycles. The molecule has 1 saturated heterocycles. The van der Waals surface area contributed by atoms with Crippen molar-refractivity contribution < 1.29 is 38.1 Å². The quantitative estimate of drug-likeness (QED) is 0.407. The lowest BCUT2D eigenvalue weighted by Crippen LogP contribution is -2.64. The Morgan fingerprint density at radius 1 is 0.958 bits per heavy atom. The molecule has 0 bridgehead atoms. The highest BCUT2D eigenvalue weighted by Gasteiger charge is 2.50. The van der Waals surface area contributed by atoms with Gasteiger partial charge in [-0.15, -0.1) is 0 Å². The average Bonchev–Trinajstić information content (AvgIpc) is 2.42. The number of amides is 1. The molecule has 1 rings (SSSR count). The molecule has 0 saturated carbocycles. The van der Waals surface area contributed by atoms with Gasteiger partial charge in [0.1, 0.15) is 18.8 Å². The molecule has 24 heavy (non-hydrogen) atoms. The van der Waals surface area contributed by atoms with Crippen LogP contribution in [0.25, 0.3) is 0 Å². The summed E-state index contributed by atoms with van der Waals surface area (Å²) in [5.41, 5.74) is -1.09. The fraction of sp³-hybridized carbons (Fsp3) is 0.714. The Morgan fingerprint density at radius 2 is 1.50 bits per heavy atom.